The average Bonchev–Trinajstić information content (AvgIpc) is 2.28. The normalized spacial score (nSPS) is 9.31. The summed E-state index contributed by atoms with van der Waals surface area (Å²) in [6.45, 7) is 3.29. The molecule has 0 bridgehead atoms. The maximum Gasteiger partial charge on any atom is 0.341 e. The summed E-state index contributed by atoms with van der Waals surface area (Å²) in [4.78, 5) is 22.1. The van der Waals surface area contributed by atoms with Gasteiger partial charge in [0.2, 0.25) is 5.91 Å². The highest BCUT2D eigenvalue weighted by Gasteiger charge is 2.11. The fourth-order valence-corrected chi connectivity index (χ4v) is 1.09. The molecule has 1 amide bonds. The van der Waals surface area contributed by atoms with Crippen molar-refractivity contribution in [3.63, 3.8) is 0 Å². The van der Waals surface area contributed by atoms with Crippen LogP contribution in [0.1, 0.15) is 10.4 Å². The molecule has 0 atom stereocenters. The van der Waals surface area contributed by atoms with Crippen molar-refractivity contribution in [2.45, 2.75) is 0 Å². The molecule has 5 nitrogen and oxygen atoms in total. The van der Waals surface area contributed by atoms with Gasteiger partial charge in [-0.3, -0.25) is 4.79 Å². The number of hydrogen-bond acceptors (Lipinski definition) is 4. The third-order valence-electron chi connectivity index (χ3n) is 1.86. The number of methoxy groups -OCH3 is 1. The first-order chi connectivity index (χ1) is 7.58. The number of phenolic OH excluding ortho intramolecular Hbond substituents is 1. The van der Waals surface area contributed by atoms with Crippen LogP contribution >= 0.6 is 0 Å². The second-order valence-electron chi connectivity index (χ2n) is 2.92. The molecule has 0 saturated heterocycles. The summed E-state index contributed by atoms with van der Waals surface area (Å²) in [5.41, 5.74) is 0.411. The van der Waals surface area contributed by atoms with Crippen LogP contribution in [0, 0.1) is 0 Å². The van der Waals surface area contributed by atoms with Crippen LogP contribution in [-0.4, -0.2) is 24.1 Å². The Kier molecular flexibility index (Phi) is 3.66. The molecule has 0 fully saturated rings. The third-order valence-corrected chi connectivity index (χ3v) is 1.86. The average molecular weight is 221 g/mol. The van der Waals surface area contributed by atoms with E-state index in [2.05, 4.69) is 16.6 Å². The van der Waals surface area contributed by atoms with Crippen molar-refractivity contribution in [1.29, 1.82) is 0 Å². The van der Waals surface area contributed by atoms with E-state index in [9.17, 15) is 14.7 Å². The Bertz CT molecular complexity index is 440. The van der Waals surface area contributed by atoms with Crippen LogP contribution in [0.25, 0.3) is 0 Å². The van der Waals surface area contributed by atoms with E-state index in [1.807, 2.05) is 0 Å². The zero-order valence-corrected chi connectivity index (χ0v) is 8.69. The summed E-state index contributed by atoms with van der Waals surface area (Å²) >= 11 is 0. The molecule has 0 spiro atoms. The number of ether oxygens (including phenoxy) is 1. The van der Waals surface area contributed by atoms with Gasteiger partial charge in [0.15, 0.2) is 0 Å². The summed E-state index contributed by atoms with van der Waals surface area (Å²) in [6, 6.07) is 4.10. The SMILES string of the molecule is C=CC(=O)Nc1ccc(C(=O)OC)c(O)c1. The number of carbonyl (C=O) groups is 2. The smallest absolute Gasteiger partial charge is 0.341 e. The molecule has 84 valence electrons. The lowest BCUT2D eigenvalue weighted by atomic mass is 10.2. The Morgan fingerprint density at radius 2 is 2.19 bits per heavy atom. The molecule has 16 heavy (non-hydrogen) atoms. The van der Waals surface area contributed by atoms with Gasteiger partial charge in [0.25, 0.3) is 0 Å². The summed E-state index contributed by atoms with van der Waals surface area (Å²) in [5.74, 6) is -1.29. The monoisotopic (exact) mass is 221 g/mol. The fraction of sp³-hybridized carbons (Fsp3) is 0.0909. The Balaban J connectivity index is 2.95. The van der Waals surface area contributed by atoms with E-state index < -0.39 is 11.9 Å². The van der Waals surface area contributed by atoms with Gasteiger partial charge >= 0.3 is 5.97 Å². The maximum absolute atomic E-state index is 11.1. The molecule has 0 radical (unpaired) electrons. The van der Waals surface area contributed by atoms with Crippen molar-refractivity contribution in [3.05, 3.63) is 36.4 Å². The quantitative estimate of drug-likeness (QED) is 0.596. The number of amides is 1. The van der Waals surface area contributed by atoms with Crippen LogP contribution in [0.2, 0.25) is 0 Å². The number of hydrogen-bond donors (Lipinski definition) is 2. The summed E-state index contributed by atoms with van der Waals surface area (Å²) in [5, 5.41) is 11.9. The fourth-order valence-electron chi connectivity index (χ4n) is 1.09. The summed E-state index contributed by atoms with van der Waals surface area (Å²) in [7, 11) is 1.22. The number of carbonyl (C=O) groups excluding carboxylic acids is 2. The second-order valence-corrected chi connectivity index (χ2v) is 2.92. The number of phenols is 1. The predicted molar refractivity (Wildman–Crippen MR) is 58.3 cm³/mol. The standard InChI is InChI=1S/C11H11NO4/c1-3-10(14)12-7-4-5-8(9(13)6-7)11(15)16-2/h3-6,13H,1H2,2H3,(H,12,14). The molecule has 0 aromatic heterocycles. The minimum Gasteiger partial charge on any atom is -0.507 e. The van der Waals surface area contributed by atoms with Gasteiger partial charge in [-0.25, -0.2) is 4.79 Å². The van der Waals surface area contributed by atoms with Crippen LogP contribution in [-0.2, 0) is 9.53 Å². The van der Waals surface area contributed by atoms with Gasteiger partial charge in [0, 0.05) is 11.8 Å². The molecular formula is C11H11NO4. The van der Waals surface area contributed by atoms with Crippen LogP contribution in [0.15, 0.2) is 30.9 Å². The van der Waals surface area contributed by atoms with E-state index in [0.29, 0.717) is 5.69 Å². The highest BCUT2D eigenvalue weighted by molar-refractivity contribution is 6.00. The predicted octanol–water partition coefficient (Wildman–Crippen LogP) is 1.30. The number of nitrogens with one attached hydrogen (secondary N) is 1. The van der Waals surface area contributed by atoms with Crippen molar-refractivity contribution < 1.29 is 19.4 Å². The number of aromatic hydroxyl groups is 1. The highest BCUT2D eigenvalue weighted by Crippen LogP contribution is 2.22. The molecule has 0 aliphatic rings. The maximum atomic E-state index is 11.1. The highest BCUT2D eigenvalue weighted by atomic mass is 16.5. The van der Waals surface area contributed by atoms with Gasteiger partial charge in [-0.15, -0.1) is 0 Å². The van der Waals surface area contributed by atoms with Gasteiger partial charge < -0.3 is 15.2 Å². The molecule has 0 heterocycles. The molecule has 5 heteroatoms. The topological polar surface area (TPSA) is 75.6 Å². The number of esters is 1. The van der Waals surface area contributed by atoms with E-state index in [-0.39, 0.29) is 11.3 Å². The zero-order valence-electron chi connectivity index (χ0n) is 8.69. The molecule has 2 N–H and O–H groups in total. The molecule has 1 rings (SSSR count). The van der Waals surface area contributed by atoms with Crippen molar-refractivity contribution >= 4 is 17.6 Å². The van der Waals surface area contributed by atoms with Crippen LogP contribution < -0.4 is 5.32 Å². The van der Waals surface area contributed by atoms with Crippen molar-refractivity contribution in [2.75, 3.05) is 12.4 Å². The minimum atomic E-state index is -0.640. The third kappa shape index (κ3) is 2.60. The van der Waals surface area contributed by atoms with Crippen LogP contribution in [0.3, 0.4) is 0 Å². The van der Waals surface area contributed by atoms with Gasteiger partial charge in [-0.2, -0.15) is 0 Å². The van der Waals surface area contributed by atoms with E-state index in [1.165, 1.54) is 25.3 Å². The lowest BCUT2D eigenvalue weighted by Gasteiger charge is -2.06. The first-order valence-electron chi connectivity index (χ1n) is 4.43. The van der Waals surface area contributed by atoms with E-state index in [0.717, 1.165) is 6.08 Å². The zero-order chi connectivity index (χ0) is 12.1. The Morgan fingerprint density at radius 1 is 1.50 bits per heavy atom. The second kappa shape index (κ2) is 4.97. The number of benzene rings is 1. The van der Waals surface area contributed by atoms with E-state index >= 15 is 0 Å². The molecule has 0 aliphatic carbocycles. The van der Waals surface area contributed by atoms with Crippen molar-refractivity contribution in [3.8, 4) is 5.75 Å². The molecular weight excluding hydrogens is 210 g/mol. The first-order valence-corrected chi connectivity index (χ1v) is 4.43. The lowest BCUT2D eigenvalue weighted by Crippen LogP contribution is -2.08. The van der Waals surface area contributed by atoms with Gasteiger partial charge in [0.1, 0.15) is 11.3 Å². The molecule has 0 unspecified atom stereocenters. The van der Waals surface area contributed by atoms with Crippen molar-refractivity contribution in [1.82, 2.24) is 0 Å². The van der Waals surface area contributed by atoms with Gasteiger partial charge in [0.05, 0.1) is 7.11 Å². The molecule has 1 aromatic carbocycles. The van der Waals surface area contributed by atoms with Gasteiger partial charge in [-0.1, -0.05) is 6.58 Å². The van der Waals surface area contributed by atoms with Crippen LogP contribution in [0.4, 0.5) is 5.69 Å². The number of rotatable bonds is 3. The summed E-state index contributed by atoms with van der Waals surface area (Å²) in [6.07, 6.45) is 1.10. The Hall–Kier alpha value is -2.30. The number of anilines is 1. The van der Waals surface area contributed by atoms with E-state index in [4.69, 9.17) is 0 Å². The molecule has 0 saturated carbocycles. The van der Waals surface area contributed by atoms with Crippen LogP contribution in [0.5, 0.6) is 5.75 Å². The molecule has 1 aromatic rings. The lowest BCUT2D eigenvalue weighted by molar-refractivity contribution is -0.111. The Morgan fingerprint density at radius 3 is 2.69 bits per heavy atom. The molecule has 0 aliphatic heterocycles. The van der Waals surface area contributed by atoms with Crippen molar-refractivity contribution in [2.24, 2.45) is 0 Å². The minimum absolute atomic E-state index is 0.0408. The summed E-state index contributed by atoms with van der Waals surface area (Å²) < 4.78 is 4.46. The van der Waals surface area contributed by atoms with Gasteiger partial charge in [-0.05, 0) is 18.2 Å². The largest absolute Gasteiger partial charge is 0.507 e. The first kappa shape index (κ1) is 11.8. The Labute approximate surface area is 92.3 Å². The van der Waals surface area contributed by atoms with E-state index in [1.54, 1.807) is 0 Å².